The van der Waals surface area contributed by atoms with Gasteiger partial charge in [-0.25, -0.2) is 9.78 Å². The number of aromatic nitrogens is 1. The summed E-state index contributed by atoms with van der Waals surface area (Å²) in [5.74, 6) is -1.38. The summed E-state index contributed by atoms with van der Waals surface area (Å²) in [6.07, 6.45) is 0.901. The van der Waals surface area contributed by atoms with Gasteiger partial charge in [0.2, 0.25) is 5.91 Å². The summed E-state index contributed by atoms with van der Waals surface area (Å²) < 4.78 is 0. The predicted octanol–water partition coefficient (Wildman–Crippen LogP) is 0.0127. The zero-order valence-corrected chi connectivity index (χ0v) is 10.6. The van der Waals surface area contributed by atoms with Crippen molar-refractivity contribution in [1.29, 1.82) is 0 Å². The van der Waals surface area contributed by atoms with Crippen LogP contribution in [0.2, 0.25) is 0 Å². The van der Waals surface area contributed by atoms with Crippen LogP contribution in [0.1, 0.15) is 17.3 Å². The van der Waals surface area contributed by atoms with Crippen LogP contribution in [-0.4, -0.2) is 46.0 Å². The Bertz CT molecular complexity index is 588. The molecule has 1 saturated heterocycles. The van der Waals surface area contributed by atoms with Crippen LogP contribution in [0, 0.1) is 10.1 Å². The van der Waals surface area contributed by atoms with Crippen molar-refractivity contribution in [1.82, 2.24) is 10.3 Å². The fraction of sp³-hybridized carbons (Fsp3) is 0.364. The van der Waals surface area contributed by atoms with Gasteiger partial charge in [-0.15, -0.1) is 0 Å². The first kappa shape index (κ1) is 13.7. The summed E-state index contributed by atoms with van der Waals surface area (Å²) in [4.78, 5) is 38.1. The molecule has 2 rings (SSSR count). The lowest BCUT2D eigenvalue weighted by Gasteiger charge is -2.33. The molecular formula is C11H12N4O5. The lowest BCUT2D eigenvalue weighted by molar-refractivity contribution is -0.385. The second-order valence-electron chi connectivity index (χ2n) is 4.28. The van der Waals surface area contributed by atoms with Crippen LogP contribution < -0.4 is 10.2 Å². The van der Waals surface area contributed by atoms with Gasteiger partial charge in [0.05, 0.1) is 4.92 Å². The van der Waals surface area contributed by atoms with Crippen LogP contribution in [0.15, 0.2) is 12.3 Å². The van der Waals surface area contributed by atoms with Gasteiger partial charge in [0.1, 0.15) is 23.6 Å². The van der Waals surface area contributed by atoms with E-state index >= 15 is 0 Å². The normalized spacial score (nSPS) is 18.6. The van der Waals surface area contributed by atoms with Gasteiger partial charge < -0.3 is 15.3 Å². The Balaban J connectivity index is 2.43. The summed E-state index contributed by atoms with van der Waals surface area (Å²) >= 11 is 0. The molecule has 0 spiro atoms. The Morgan fingerprint density at radius 3 is 2.95 bits per heavy atom. The minimum Gasteiger partial charge on any atom is -0.477 e. The molecule has 1 aliphatic rings. The van der Waals surface area contributed by atoms with E-state index in [9.17, 15) is 19.7 Å². The Kier molecular flexibility index (Phi) is 3.51. The molecule has 1 atom stereocenters. The second kappa shape index (κ2) is 5.11. The molecule has 1 aromatic rings. The largest absolute Gasteiger partial charge is 0.477 e. The van der Waals surface area contributed by atoms with Crippen LogP contribution in [-0.2, 0) is 4.79 Å². The van der Waals surface area contributed by atoms with Crippen LogP contribution in [0.3, 0.4) is 0 Å². The average Bonchev–Trinajstić information content (AvgIpc) is 2.41. The van der Waals surface area contributed by atoms with Gasteiger partial charge in [-0.05, 0) is 6.92 Å². The van der Waals surface area contributed by atoms with Gasteiger partial charge >= 0.3 is 11.7 Å². The van der Waals surface area contributed by atoms with Crippen molar-refractivity contribution < 1.29 is 19.6 Å². The lowest BCUT2D eigenvalue weighted by atomic mass is 10.1. The highest BCUT2D eigenvalue weighted by molar-refractivity contribution is 5.93. The van der Waals surface area contributed by atoms with E-state index < -0.39 is 28.2 Å². The number of piperazine rings is 1. The Hall–Kier alpha value is -2.71. The molecule has 0 aliphatic carbocycles. The number of carbonyl (C=O) groups excluding carboxylic acids is 1. The maximum absolute atomic E-state index is 11.6. The molecule has 1 fully saturated rings. The first-order valence-electron chi connectivity index (χ1n) is 5.84. The van der Waals surface area contributed by atoms with Crippen molar-refractivity contribution in [2.45, 2.75) is 13.0 Å². The van der Waals surface area contributed by atoms with E-state index in [0.717, 1.165) is 12.3 Å². The van der Waals surface area contributed by atoms with E-state index in [0.29, 0.717) is 13.1 Å². The number of pyridine rings is 1. The standard InChI is InChI=1S/C11H12N4O5/c1-6-10(16)12-2-3-14(6)9-4-7(11(17)18)8(5-13-9)15(19)20/h4-6H,2-3H2,1H3,(H,12,16)(H,17,18). The molecule has 1 amide bonds. The van der Waals surface area contributed by atoms with Gasteiger partial charge in [0.25, 0.3) is 0 Å². The number of hydrogen-bond donors (Lipinski definition) is 2. The van der Waals surface area contributed by atoms with Gasteiger partial charge in [-0.3, -0.25) is 14.9 Å². The predicted molar refractivity (Wildman–Crippen MR) is 67.7 cm³/mol. The molecule has 1 unspecified atom stereocenters. The maximum atomic E-state index is 11.6. The molecular weight excluding hydrogens is 268 g/mol. The van der Waals surface area contributed by atoms with E-state index in [-0.39, 0.29) is 11.7 Å². The Morgan fingerprint density at radius 1 is 1.65 bits per heavy atom. The topological polar surface area (TPSA) is 126 Å². The highest BCUT2D eigenvalue weighted by Crippen LogP contribution is 2.24. The van der Waals surface area contributed by atoms with Crippen molar-refractivity contribution in [3.05, 3.63) is 27.9 Å². The number of carboxylic acids is 1. The Labute approximate surface area is 113 Å². The number of carboxylic acid groups (broad SMARTS) is 1. The SMILES string of the molecule is CC1C(=O)NCCN1c1cc(C(=O)O)c([N+](=O)[O-])cn1. The second-order valence-corrected chi connectivity index (χ2v) is 4.28. The molecule has 106 valence electrons. The lowest BCUT2D eigenvalue weighted by Crippen LogP contribution is -2.54. The maximum Gasteiger partial charge on any atom is 0.342 e. The molecule has 1 aliphatic heterocycles. The van der Waals surface area contributed by atoms with Gasteiger partial charge in [0, 0.05) is 19.2 Å². The molecule has 9 nitrogen and oxygen atoms in total. The molecule has 0 aromatic carbocycles. The molecule has 1 aromatic heterocycles. The molecule has 20 heavy (non-hydrogen) atoms. The fourth-order valence-electron chi connectivity index (χ4n) is 2.01. The monoisotopic (exact) mass is 280 g/mol. The smallest absolute Gasteiger partial charge is 0.342 e. The summed E-state index contributed by atoms with van der Waals surface area (Å²) in [5, 5.41) is 22.4. The molecule has 9 heteroatoms. The van der Waals surface area contributed by atoms with Crippen LogP contribution in [0.25, 0.3) is 0 Å². The number of nitrogens with one attached hydrogen (secondary N) is 1. The number of rotatable bonds is 3. The van der Waals surface area contributed by atoms with E-state index in [1.54, 1.807) is 11.8 Å². The van der Waals surface area contributed by atoms with E-state index in [1.165, 1.54) is 0 Å². The summed E-state index contributed by atoms with van der Waals surface area (Å²) in [6.45, 7) is 2.51. The molecule has 2 N–H and O–H groups in total. The quantitative estimate of drug-likeness (QED) is 0.590. The first-order valence-corrected chi connectivity index (χ1v) is 5.84. The summed E-state index contributed by atoms with van der Waals surface area (Å²) in [5.41, 5.74) is -1.02. The highest BCUT2D eigenvalue weighted by Gasteiger charge is 2.29. The van der Waals surface area contributed by atoms with Gasteiger partial charge in [-0.2, -0.15) is 0 Å². The van der Waals surface area contributed by atoms with E-state index in [2.05, 4.69) is 10.3 Å². The number of amides is 1. The number of hydrogen-bond acceptors (Lipinski definition) is 6. The third-order valence-corrected chi connectivity index (χ3v) is 3.09. The number of nitrogens with zero attached hydrogens (tertiary/aromatic N) is 3. The van der Waals surface area contributed by atoms with Crippen LogP contribution >= 0.6 is 0 Å². The third kappa shape index (κ3) is 2.37. The van der Waals surface area contributed by atoms with Crippen LogP contribution in [0.4, 0.5) is 11.5 Å². The minimum atomic E-state index is -1.41. The first-order chi connectivity index (χ1) is 9.41. The number of carbonyl (C=O) groups is 2. The zero-order chi connectivity index (χ0) is 14.9. The van der Waals surface area contributed by atoms with Crippen molar-refractivity contribution in [3.63, 3.8) is 0 Å². The fourth-order valence-corrected chi connectivity index (χ4v) is 2.01. The highest BCUT2D eigenvalue weighted by atomic mass is 16.6. The number of anilines is 1. The average molecular weight is 280 g/mol. The van der Waals surface area contributed by atoms with Crippen molar-refractivity contribution >= 4 is 23.4 Å². The molecule has 0 saturated carbocycles. The van der Waals surface area contributed by atoms with Gasteiger partial charge in [-0.1, -0.05) is 0 Å². The van der Waals surface area contributed by atoms with Crippen molar-refractivity contribution in [3.8, 4) is 0 Å². The number of nitro groups is 1. The van der Waals surface area contributed by atoms with E-state index in [4.69, 9.17) is 5.11 Å². The zero-order valence-electron chi connectivity index (χ0n) is 10.6. The third-order valence-electron chi connectivity index (χ3n) is 3.09. The molecule has 0 bridgehead atoms. The minimum absolute atomic E-state index is 0.201. The Morgan fingerprint density at radius 2 is 2.35 bits per heavy atom. The number of aromatic carboxylic acids is 1. The van der Waals surface area contributed by atoms with Crippen molar-refractivity contribution in [2.75, 3.05) is 18.0 Å². The van der Waals surface area contributed by atoms with Crippen LogP contribution in [0.5, 0.6) is 0 Å². The summed E-state index contributed by atoms with van der Waals surface area (Å²) in [6, 6.07) is 0.606. The molecule has 2 heterocycles. The van der Waals surface area contributed by atoms with Gasteiger partial charge in [0.15, 0.2) is 0 Å². The molecule has 0 radical (unpaired) electrons. The summed E-state index contributed by atoms with van der Waals surface area (Å²) in [7, 11) is 0. The van der Waals surface area contributed by atoms with Crippen molar-refractivity contribution in [2.24, 2.45) is 0 Å². The van der Waals surface area contributed by atoms with E-state index in [1.807, 2.05) is 0 Å².